The largest absolute Gasteiger partial charge is 0.346 e. The van der Waals surface area contributed by atoms with E-state index in [0.29, 0.717) is 0 Å². The maximum atomic E-state index is 6.67. The Balaban J connectivity index is 1.72. The van der Waals surface area contributed by atoms with Crippen molar-refractivity contribution in [2.75, 3.05) is 29.8 Å². The van der Waals surface area contributed by atoms with Crippen molar-refractivity contribution < 1.29 is 0 Å². The van der Waals surface area contributed by atoms with Crippen LogP contribution in [0, 0.1) is 0 Å². The molecule has 5 rings (SSSR count). The molecule has 0 aromatic heterocycles. The van der Waals surface area contributed by atoms with Crippen LogP contribution >= 0.6 is 6.34 Å². The van der Waals surface area contributed by atoms with E-state index in [1.54, 1.807) is 0 Å². The topological polar surface area (TPSA) is 22.1 Å². The fraction of sp³-hybridized carbons (Fsp3) is 0.375. The third kappa shape index (κ3) is 2.83. The van der Waals surface area contributed by atoms with Gasteiger partial charge >= 0.3 is 0 Å². The molecule has 0 N–H and O–H groups in total. The van der Waals surface area contributed by atoms with E-state index in [0.717, 1.165) is 18.8 Å². The first-order valence-electron chi connectivity index (χ1n) is 10.8. The van der Waals surface area contributed by atoms with Gasteiger partial charge in [-0.15, -0.1) is 0 Å². The highest BCUT2D eigenvalue weighted by Gasteiger charge is 2.48. The smallest absolute Gasteiger partial charge is 0.154 e. The molecule has 0 radical (unpaired) electrons. The molecule has 2 aromatic rings. The summed E-state index contributed by atoms with van der Waals surface area (Å²) in [6.07, 6.45) is 3.52. The summed E-state index contributed by atoms with van der Waals surface area (Å²) in [5.74, 6) is 0. The Morgan fingerprint density at radius 2 is 1.60 bits per heavy atom. The quantitative estimate of drug-likeness (QED) is 0.544. The third-order valence-corrected chi connectivity index (χ3v) is 11.4. The van der Waals surface area contributed by atoms with Crippen LogP contribution in [0.3, 0.4) is 0 Å². The molecule has 2 aromatic carbocycles. The number of piperidine rings is 1. The number of anilines is 2. The normalized spacial score (nSPS) is 28.2. The van der Waals surface area contributed by atoms with Gasteiger partial charge in [-0.2, -0.15) is 5.10 Å². The number of hydrogen-bond donors (Lipinski definition) is 0. The van der Waals surface area contributed by atoms with Gasteiger partial charge in [0.2, 0.25) is 0 Å². The predicted molar refractivity (Wildman–Crippen MR) is 132 cm³/mol. The lowest BCUT2D eigenvalue weighted by Crippen LogP contribution is -2.34. The number of allylic oxidation sites excluding steroid dienone is 2. The van der Waals surface area contributed by atoms with Gasteiger partial charge in [0.1, 0.15) is 0 Å². The minimum atomic E-state index is -2.27. The zero-order valence-corrected chi connectivity index (χ0v) is 19.7. The predicted octanol–water partition coefficient (Wildman–Crippen LogP) is 5.93. The average molecular weight is 437 g/mol. The number of fused-ring (bicyclic) bond motifs is 1. The van der Waals surface area contributed by atoms with Crippen LogP contribution in [-0.4, -0.2) is 31.0 Å². The minimum Gasteiger partial charge on any atom is -0.346 e. The van der Waals surface area contributed by atoms with E-state index in [-0.39, 0.29) is 5.41 Å². The van der Waals surface area contributed by atoms with Crippen LogP contribution in [0.1, 0.15) is 38.7 Å². The van der Waals surface area contributed by atoms with E-state index < -0.39 is 6.34 Å². The van der Waals surface area contributed by atoms with Crippen molar-refractivity contribution in [3.63, 3.8) is 0 Å². The highest BCUT2D eigenvalue weighted by molar-refractivity contribution is 8.16. The zero-order chi connectivity index (χ0) is 20.9. The van der Waals surface area contributed by atoms with Crippen LogP contribution in [0.2, 0.25) is 0 Å². The van der Waals surface area contributed by atoms with E-state index in [1.807, 2.05) is 0 Å². The highest BCUT2D eigenvalue weighted by Crippen LogP contribution is 2.67. The molecule has 0 spiro atoms. The molecule has 0 amide bonds. The highest BCUT2D eigenvalue weighted by atomic mass is 32.4. The Bertz CT molecular complexity index is 1070. The summed E-state index contributed by atoms with van der Waals surface area (Å²) >= 11 is 6.67. The third-order valence-electron chi connectivity index (χ3n) is 6.67. The number of hydrazone groups is 1. The van der Waals surface area contributed by atoms with Gasteiger partial charge in [0.25, 0.3) is 0 Å². The number of nitrogens with zero attached hydrogens (tertiary/aromatic N) is 4. The van der Waals surface area contributed by atoms with Crippen LogP contribution in [0.4, 0.5) is 11.4 Å². The Labute approximate surface area is 185 Å². The van der Waals surface area contributed by atoms with Crippen LogP contribution in [0.25, 0.3) is 0 Å². The van der Waals surface area contributed by atoms with Crippen molar-refractivity contribution in [3.8, 4) is 0 Å². The SMILES string of the molecule is CN1/C(=C2/C=NN(c3ccccc3)[P@]2(=S)N2CCCCC2)C(C)(C)c2ccccc21. The van der Waals surface area contributed by atoms with Crippen molar-refractivity contribution in [2.45, 2.75) is 38.5 Å². The maximum Gasteiger partial charge on any atom is 0.154 e. The number of para-hydroxylation sites is 2. The van der Waals surface area contributed by atoms with Gasteiger partial charge in [0.05, 0.1) is 17.2 Å². The van der Waals surface area contributed by atoms with Crippen LogP contribution in [0.15, 0.2) is 70.7 Å². The molecule has 0 unspecified atom stereocenters. The van der Waals surface area contributed by atoms with Crippen LogP contribution in [0.5, 0.6) is 0 Å². The molecule has 0 bridgehead atoms. The Morgan fingerprint density at radius 3 is 2.30 bits per heavy atom. The van der Waals surface area contributed by atoms with Crippen molar-refractivity contribution in [1.82, 2.24) is 4.67 Å². The Hall–Kier alpha value is -1.94. The molecular formula is C24H29N4PS. The van der Waals surface area contributed by atoms with E-state index in [1.165, 1.54) is 41.5 Å². The number of likely N-dealkylation sites (N-methyl/N-ethyl adjacent to an activating group) is 1. The molecule has 1 atom stereocenters. The van der Waals surface area contributed by atoms with Gasteiger partial charge in [-0.25, -0.2) is 4.78 Å². The van der Waals surface area contributed by atoms with E-state index in [2.05, 4.69) is 96.1 Å². The van der Waals surface area contributed by atoms with E-state index in [4.69, 9.17) is 16.9 Å². The van der Waals surface area contributed by atoms with Crippen molar-refractivity contribution in [2.24, 2.45) is 5.10 Å². The standard InChI is InChI=1S/C24H29N4PS/c1-24(2)20-14-8-9-15-21(20)26(3)23(24)22-18-25-28(19-12-6-4-7-13-19)29(22,30)27-16-10-5-11-17-27/h4,6-9,12-15,18H,5,10-11,16-17H2,1-3H3/b23-22-/t29-/m1/s1. The summed E-state index contributed by atoms with van der Waals surface area (Å²) in [5, 5.41) is 6.19. The number of rotatable bonds is 2. The lowest BCUT2D eigenvalue weighted by Gasteiger charge is -2.42. The van der Waals surface area contributed by atoms with Crippen molar-refractivity contribution >= 4 is 35.7 Å². The second-order valence-electron chi connectivity index (χ2n) is 8.86. The molecule has 3 heterocycles. The van der Waals surface area contributed by atoms with E-state index >= 15 is 0 Å². The molecule has 0 aliphatic carbocycles. The van der Waals surface area contributed by atoms with Crippen molar-refractivity contribution in [1.29, 1.82) is 0 Å². The van der Waals surface area contributed by atoms with Gasteiger partial charge < -0.3 is 4.90 Å². The van der Waals surface area contributed by atoms with Gasteiger partial charge in [-0.05, 0) is 36.6 Å². The molecule has 30 heavy (non-hydrogen) atoms. The second kappa shape index (κ2) is 7.33. The van der Waals surface area contributed by atoms with Gasteiger partial charge in [0.15, 0.2) is 6.34 Å². The molecule has 6 heteroatoms. The molecule has 1 saturated heterocycles. The molecule has 3 aliphatic rings. The summed E-state index contributed by atoms with van der Waals surface area (Å²) in [6, 6.07) is 19.2. The zero-order valence-electron chi connectivity index (χ0n) is 18.0. The first-order chi connectivity index (χ1) is 14.5. The monoisotopic (exact) mass is 436 g/mol. The summed E-state index contributed by atoms with van der Waals surface area (Å²) < 4.78 is 4.74. The average Bonchev–Trinajstić information content (AvgIpc) is 3.21. The fourth-order valence-electron chi connectivity index (χ4n) is 5.21. The lowest BCUT2D eigenvalue weighted by molar-refractivity contribution is 0.369. The van der Waals surface area contributed by atoms with Gasteiger partial charge in [-0.1, -0.05) is 68.5 Å². The maximum absolute atomic E-state index is 6.67. The molecule has 156 valence electrons. The molecule has 4 nitrogen and oxygen atoms in total. The number of benzene rings is 2. The lowest BCUT2D eigenvalue weighted by atomic mass is 9.84. The first-order valence-corrected chi connectivity index (χ1v) is 13.5. The van der Waals surface area contributed by atoms with E-state index in [9.17, 15) is 0 Å². The van der Waals surface area contributed by atoms with Crippen LogP contribution in [-0.2, 0) is 17.2 Å². The molecule has 1 fully saturated rings. The van der Waals surface area contributed by atoms with Crippen LogP contribution < -0.4 is 9.68 Å². The second-order valence-corrected chi connectivity index (χ2v) is 12.9. The molecule has 0 saturated carbocycles. The molecular weight excluding hydrogens is 407 g/mol. The molecule has 3 aliphatic heterocycles. The summed E-state index contributed by atoms with van der Waals surface area (Å²) in [4.78, 5) is 2.36. The minimum absolute atomic E-state index is 0.112. The first kappa shape index (κ1) is 20.0. The number of hydrogen-bond acceptors (Lipinski definition) is 3. The van der Waals surface area contributed by atoms with Gasteiger partial charge in [0, 0.05) is 36.9 Å². The fourth-order valence-corrected chi connectivity index (χ4v) is 9.63. The summed E-state index contributed by atoms with van der Waals surface area (Å²) in [6.45, 7) is 6.76. The Morgan fingerprint density at radius 1 is 0.933 bits per heavy atom. The van der Waals surface area contributed by atoms with Crippen molar-refractivity contribution in [3.05, 3.63) is 71.2 Å². The summed E-state index contributed by atoms with van der Waals surface area (Å²) in [5.41, 5.74) is 4.92. The van der Waals surface area contributed by atoms with Gasteiger partial charge in [-0.3, -0.25) is 4.67 Å². The Kier molecular flexibility index (Phi) is 4.89. The summed E-state index contributed by atoms with van der Waals surface area (Å²) in [7, 11) is 2.19.